The summed E-state index contributed by atoms with van der Waals surface area (Å²) in [5.41, 5.74) is 2.93. The van der Waals surface area contributed by atoms with Gasteiger partial charge in [-0.05, 0) is 50.2 Å². The molecule has 1 aliphatic heterocycles. The smallest absolute Gasteiger partial charge is 0.00727 e. The maximum absolute atomic E-state index is 3.71. The largest absolute Gasteiger partial charge is 0.311 e. The van der Waals surface area contributed by atoms with Crippen molar-refractivity contribution in [3.63, 3.8) is 0 Å². The maximum atomic E-state index is 3.71. The summed E-state index contributed by atoms with van der Waals surface area (Å²) < 4.78 is 0. The van der Waals surface area contributed by atoms with Gasteiger partial charge >= 0.3 is 0 Å². The van der Waals surface area contributed by atoms with Crippen molar-refractivity contribution >= 4 is 0 Å². The molecule has 0 spiro atoms. The molecule has 0 amide bonds. The molecule has 1 aromatic rings. The molecule has 1 heteroatoms. The van der Waals surface area contributed by atoms with Crippen LogP contribution in [0.5, 0.6) is 0 Å². The first kappa shape index (κ1) is 12.6. The molecule has 94 valence electrons. The van der Waals surface area contributed by atoms with Crippen LogP contribution >= 0.6 is 0 Å². The van der Waals surface area contributed by atoms with Gasteiger partial charge in [-0.25, -0.2) is 0 Å². The highest BCUT2D eigenvalue weighted by molar-refractivity contribution is 5.22. The Labute approximate surface area is 106 Å². The van der Waals surface area contributed by atoms with Gasteiger partial charge in [0.05, 0.1) is 0 Å². The Morgan fingerprint density at radius 2 is 1.82 bits per heavy atom. The van der Waals surface area contributed by atoms with Crippen molar-refractivity contribution in [1.29, 1.82) is 0 Å². The van der Waals surface area contributed by atoms with Gasteiger partial charge in [0.15, 0.2) is 0 Å². The molecule has 2 unspecified atom stereocenters. The third kappa shape index (κ3) is 3.85. The molecule has 1 heterocycles. The predicted molar refractivity (Wildman–Crippen MR) is 74.4 cm³/mol. The summed E-state index contributed by atoms with van der Waals surface area (Å²) in [5, 5.41) is 3.71. The van der Waals surface area contributed by atoms with Gasteiger partial charge in [-0.3, -0.25) is 0 Å². The summed E-state index contributed by atoms with van der Waals surface area (Å²) in [6, 6.07) is 10.6. The molecule has 0 bridgehead atoms. The van der Waals surface area contributed by atoms with Crippen LogP contribution in [0.15, 0.2) is 24.3 Å². The zero-order valence-corrected chi connectivity index (χ0v) is 11.2. The lowest BCUT2D eigenvalue weighted by Crippen LogP contribution is -2.40. The van der Waals surface area contributed by atoms with Crippen molar-refractivity contribution in [1.82, 2.24) is 5.32 Å². The minimum atomic E-state index is 0.719. The van der Waals surface area contributed by atoms with Crippen LogP contribution in [0.4, 0.5) is 0 Å². The molecule has 1 saturated heterocycles. The SMILES string of the molecule is CCc1ccc(CCC2CCCC(C)N2)cc1. The lowest BCUT2D eigenvalue weighted by molar-refractivity contribution is 0.322. The van der Waals surface area contributed by atoms with E-state index in [1.807, 2.05) is 0 Å². The van der Waals surface area contributed by atoms with E-state index in [2.05, 4.69) is 43.4 Å². The first-order chi connectivity index (χ1) is 8.28. The lowest BCUT2D eigenvalue weighted by Gasteiger charge is -2.28. The van der Waals surface area contributed by atoms with Crippen molar-refractivity contribution in [3.8, 4) is 0 Å². The number of piperidine rings is 1. The Bertz CT molecular complexity index is 328. The van der Waals surface area contributed by atoms with Crippen molar-refractivity contribution in [2.24, 2.45) is 0 Å². The van der Waals surface area contributed by atoms with Gasteiger partial charge in [-0.2, -0.15) is 0 Å². The maximum Gasteiger partial charge on any atom is 0.00727 e. The van der Waals surface area contributed by atoms with Crippen molar-refractivity contribution in [2.75, 3.05) is 0 Å². The zero-order chi connectivity index (χ0) is 12.1. The summed E-state index contributed by atoms with van der Waals surface area (Å²) in [7, 11) is 0. The molecule has 0 radical (unpaired) electrons. The fourth-order valence-corrected chi connectivity index (χ4v) is 2.75. The Kier molecular flexibility index (Phi) is 4.61. The van der Waals surface area contributed by atoms with Crippen molar-refractivity contribution in [3.05, 3.63) is 35.4 Å². The molecule has 0 saturated carbocycles. The highest BCUT2D eigenvalue weighted by Gasteiger charge is 2.16. The summed E-state index contributed by atoms with van der Waals surface area (Å²) in [4.78, 5) is 0. The number of rotatable bonds is 4. The monoisotopic (exact) mass is 231 g/mol. The molecule has 17 heavy (non-hydrogen) atoms. The topological polar surface area (TPSA) is 12.0 Å². The van der Waals surface area contributed by atoms with E-state index in [4.69, 9.17) is 0 Å². The van der Waals surface area contributed by atoms with E-state index >= 15 is 0 Å². The number of aryl methyl sites for hydroxylation is 2. The van der Waals surface area contributed by atoms with Gasteiger partial charge in [-0.1, -0.05) is 37.6 Å². The molecule has 1 N–H and O–H groups in total. The third-order valence-corrected chi connectivity index (χ3v) is 3.92. The minimum Gasteiger partial charge on any atom is -0.311 e. The number of benzene rings is 1. The lowest BCUT2D eigenvalue weighted by atomic mass is 9.94. The van der Waals surface area contributed by atoms with Crippen LogP contribution in [-0.4, -0.2) is 12.1 Å². The predicted octanol–water partition coefficient (Wildman–Crippen LogP) is 3.71. The van der Waals surface area contributed by atoms with Gasteiger partial charge in [0.2, 0.25) is 0 Å². The second-order valence-electron chi connectivity index (χ2n) is 5.40. The third-order valence-electron chi connectivity index (χ3n) is 3.92. The molecule has 2 atom stereocenters. The highest BCUT2D eigenvalue weighted by Crippen LogP contribution is 2.17. The van der Waals surface area contributed by atoms with E-state index in [0.717, 1.165) is 18.5 Å². The van der Waals surface area contributed by atoms with E-state index in [1.54, 1.807) is 0 Å². The Balaban J connectivity index is 1.80. The van der Waals surface area contributed by atoms with Gasteiger partial charge in [0.25, 0.3) is 0 Å². The van der Waals surface area contributed by atoms with E-state index in [-0.39, 0.29) is 0 Å². The van der Waals surface area contributed by atoms with Crippen molar-refractivity contribution in [2.45, 2.75) is 64.5 Å². The summed E-state index contributed by atoms with van der Waals surface area (Å²) in [6.45, 7) is 4.52. The van der Waals surface area contributed by atoms with Gasteiger partial charge < -0.3 is 5.32 Å². The number of hydrogen-bond donors (Lipinski definition) is 1. The van der Waals surface area contributed by atoms with Crippen LogP contribution in [-0.2, 0) is 12.8 Å². The van der Waals surface area contributed by atoms with Crippen molar-refractivity contribution < 1.29 is 0 Å². The summed E-state index contributed by atoms with van der Waals surface area (Å²) >= 11 is 0. The van der Waals surface area contributed by atoms with Gasteiger partial charge in [0.1, 0.15) is 0 Å². The molecule has 1 nitrogen and oxygen atoms in total. The van der Waals surface area contributed by atoms with Crippen LogP contribution in [0, 0.1) is 0 Å². The normalized spacial score (nSPS) is 24.8. The molecular formula is C16H25N. The van der Waals surface area contributed by atoms with Crippen LogP contribution < -0.4 is 5.32 Å². The molecule has 0 aliphatic carbocycles. The van der Waals surface area contributed by atoms with Crippen LogP contribution in [0.1, 0.15) is 50.7 Å². The molecule has 0 aromatic heterocycles. The summed E-state index contributed by atoms with van der Waals surface area (Å²) in [6.07, 6.45) is 7.75. The quantitative estimate of drug-likeness (QED) is 0.833. The Hall–Kier alpha value is -0.820. The molecular weight excluding hydrogens is 206 g/mol. The number of nitrogens with one attached hydrogen (secondary N) is 1. The molecule has 1 fully saturated rings. The van der Waals surface area contributed by atoms with Crippen LogP contribution in [0.2, 0.25) is 0 Å². The van der Waals surface area contributed by atoms with Gasteiger partial charge in [0, 0.05) is 12.1 Å². The van der Waals surface area contributed by atoms with E-state index in [0.29, 0.717) is 0 Å². The highest BCUT2D eigenvalue weighted by atomic mass is 15.0. The zero-order valence-electron chi connectivity index (χ0n) is 11.2. The first-order valence-corrected chi connectivity index (χ1v) is 7.12. The fourth-order valence-electron chi connectivity index (χ4n) is 2.75. The van der Waals surface area contributed by atoms with E-state index in [9.17, 15) is 0 Å². The van der Waals surface area contributed by atoms with Crippen LogP contribution in [0.3, 0.4) is 0 Å². The molecule has 2 rings (SSSR count). The summed E-state index contributed by atoms with van der Waals surface area (Å²) in [5.74, 6) is 0. The number of hydrogen-bond acceptors (Lipinski definition) is 1. The Morgan fingerprint density at radius 3 is 2.47 bits per heavy atom. The van der Waals surface area contributed by atoms with Crippen LogP contribution in [0.25, 0.3) is 0 Å². The Morgan fingerprint density at radius 1 is 1.12 bits per heavy atom. The minimum absolute atomic E-state index is 0.719. The molecule has 1 aliphatic rings. The van der Waals surface area contributed by atoms with E-state index < -0.39 is 0 Å². The second kappa shape index (κ2) is 6.20. The van der Waals surface area contributed by atoms with Gasteiger partial charge in [-0.15, -0.1) is 0 Å². The average molecular weight is 231 g/mol. The fraction of sp³-hybridized carbons (Fsp3) is 0.625. The second-order valence-corrected chi connectivity index (χ2v) is 5.40. The van der Waals surface area contributed by atoms with E-state index in [1.165, 1.54) is 43.2 Å². The first-order valence-electron chi connectivity index (χ1n) is 7.12. The standard InChI is InChI=1S/C16H25N/c1-3-14-7-9-15(10-8-14)11-12-16-6-4-5-13(2)17-16/h7-10,13,16-17H,3-6,11-12H2,1-2H3. The average Bonchev–Trinajstić information content (AvgIpc) is 2.37. The molecule has 1 aromatic carbocycles.